The molecule has 0 aliphatic rings. The number of esters is 1. The molecule has 3 aromatic carbocycles. The minimum Gasteiger partial charge on any atom is -0.452 e. The largest absolute Gasteiger partial charge is 0.452 e. The lowest BCUT2D eigenvalue weighted by Gasteiger charge is -2.09. The highest BCUT2D eigenvalue weighted by Crippen LogP contribution is 2.22. The van der Waals surface area contributed by atoms with Gasteiger partial charge < -0.3 is 10.1 Å². The Kier molecular flexibility index (Phi) is 5.54. The Morgan fingerprint density at radius 3 is 2.35 bits per heavy atom. The molecule has 1 aromatic heterocycles. The second-order valence-corrected chi connectivity index (χ2v) is 7.53. The number of imidazole rings is 1. The maximum absolute atomic E-state index is 12.5. The Labute approximate surface area is 180 Å². The number of rotatable bonds is 5. The fourth-order valence-electron chi connectivity index (χ4n) is 3.69. The molecule has 31 heavy (non-hydrogen) atoms. The minimum absolute atomic E-state index is 0.351. The second kappa shape index (κ2) is 8.44. The summed E-state index contributed by atoms with van der Waals surface area (Å²) in [6.45, 7) is 5.48. The van der Waals surface area contributed by atoms with Crippen LogP contribution in [0.1, 0.15) is 27.3 Å². The maximum Gasteiger partial charge on any atom is 0.338 e. The van der Waals surface area contributed by atoms with Gasteiger partial charge in [-0.15, -0.1) is 0 Å². The lowest BCUT2D eigenvalue weighted by molar-refractivity contribution is -0.119. The number of carbonyl (C=O) groups is 2. The van der Waals surface area contributed by atoms with Crippen LogP contribution in [0.2, 0.25) is 0 Å². The van der Waals surface area contributed by atoms with E-state index in [4.69, 9.17) is 4.74 Å². The zero-order valence-corrected chi connectivity index (χ0v) is 17.7. The molecule has 6 nitrogen and oxygen atoms in total. The molecule has 6 heteroatoms. The molecule has 0 fully saturated rings. The number of nitrogens with one attached hydrogen (secondary N) is 1. The second-order valence-electron chi connectivity index (χ2n) is 7.53. The SMILES string of the molecule is Cc1cc(C)cc(NC(=O)COC(=O)c2ccc3c(c2)nc(C)n3-c2ccccc2)c1. The standard InChI is InChI=1S/C25H23N3O3/c1-16-11-17(2)13-20(12-16)27-24(29)15-31-25(30)19-9-10-23-22(14-19)26-18(3)28(23)21-7-5-4-6-8-21/h4-14H,15H2,1-3H3,(H,27,29). The highest BCUT2D eigenvalue weighted by Gasteiger charge is 2.15. The number of amides is 1. The highest BCUT2D eigenvalue weighted by atomic mass is 16.5. The summed E-state index contributed by atoms with van der Waals surface area (Å²) in [5.74, 6) is -0.132. The fraction of sp³-hybridized carbons (Fsp3) is 0.160. The van der Waals surface area contributed by atoms with Crippen LogP contribution in [-0.4, -0.2) is 28.0 Å². The first-order valence-corrected chi connectivity index (χ1v) is 10.0. The molecule has 156 valence electrons. The number of fused-ring (bicyclic) bond motifs is 1. The van der Waals surface area contributed by atoms with Crippen LogP contribution in [0.25, 0.3) is 16.7 Å². The molecule has 0 bridgehead atoms. The van der Waals surface area contributed by atoms with E-state index in [1.165, 1.54) is 0 Å². The van der Waals surface area contributed by atoms with Crippen LogP contribution in [0.3, 0.4) is 0 Å². The van der Waals surface area contributed by atoms with Crippen molar-refractivity contribution in [3.8, 4) is 5.69 Å². The average Bonchev–Trinajstić information content (AvgIpc) is 3.06. The monoisotopic (exact) mass is 413 g/mol. The topological polar surface area (TPSA) is 73.2 Å². The smallest absolute Gasteiger partial charge is 0.338 e. The van der Waals surface area contributed by atoms with Crippen LogP contribution in [0.5, 0.6) is 0 Å². The normalized spacial score (nSPS) is 10.8. The van der Waals surface area contributed by atoms with Crippen LogP contribution < -0.4 is 5.32 Å². The average molecular weight is 413 g/mol. The van der Waals surface area contributed by atoms with Crippen LogP contribution in [0.15, 0.2) is 66.7 Å². The van der Waals surface area contributed by atoms with Crippen molar-refractivity contribution >= 4 is 28.6 Å². The van der Waals surface area contributed by atoms with Gasteiger partial charge in [-0.05, 0) is 74.4 Å². The first-order valence-electron chi connectivity index (χ1n) is 10.0. The fourth-order valence-corrected chi connectivity index (χ4v) is 3.69. The molecular formula is C25H23N3O3. The van der Waals surface area contributed by atoms with E-state index < -0.39 is 5.97 Å². The van der Waals surface area contributed by atoms with E-state index in [1.807, 2.05) is 79.9 Å². The Morgan fingerprint density at radius 2 is 1.65 bits per heavy atom. The summed E-state index contributed by atoms with van der Waals surface area (Å²) >= 11 is 0. The Morgan fingerprint density at radius 1 is 0.935 bits per heavy atom. The highest BCUT2D eigenvalue weighted by molar-refractivity contribution is 5.97. The third kappa shape index (κ3) is 4.48. The lowest BCUT2D eigenvalue weighted by Crippen LogP contribution is -2.21. The zero-order valence-electron chi connectivity index (χ0n) is 17.7. The van der Waals surface area contributed by atoms with Gasteiger partial charge in [0, 0.05) is 11.4 Å². The molecule has 1 N–H and O–H groups in total. The first-order chi connectivity index (χ1) is 14.9. The number of anilines is 1. The van der Waals surface area contributed by atoms with Gasteiger partial charge in [-0.2, -0.15) is 0 Å². The van der Waals surface area contributed by atoms with Crippen molar-refractivity contribution in [1.29, 1.82) is 0 Å². The number of benzene rings is 3. The van der Waals surface area contributed by atoms with E-state index in [1.54, 1.807) is 12.1 Å². The number of hydrogen-bond donors (Lipinski definition) is 1. The Hall–Kier alpha value is -3.93. The zero-order chi connectivity index (χ0) is 22.0. The Bertz CT molecular complexity index is 1260. The van der Waals surface area contributed by atoms with Crippen molar-refractivity contribution < 1.29 is 14.3 Å². The van der Waals surface area contributed by atoms with Gasteiger partial charge >= 0.3 is 5.97 Å². The summed E-state index contributed by atoms with van der Waals surface area (Å²) in [5.41, 5.74) is 5.71. The number of aryl methyl sites for hydroxylation is 3. The van der Waals surface area contributed by atoms with Crippen molar-refractivity contribution in [2.75, 3.05) is 11.9 Å². The van der Waals surface area contributed by atoms with Crippen LogP contribution in [0.4, 0.5) is 5.69 Å². The molecule has 0 aliphatic carbocycles. The number of carbonyl (C=O) groups excluding carboxylic acids is 2. The Balaban J connectivity index is 1.46. The molecule has 0 radical (unpaired) electrons. The van der Waals surface area contributed by atoms with Gasteiger partial charge in [0.2, 0.25) is 0 Å². The molecule has 0 atom stereocenters. The van der Waals surface area contributed by atoms with E-state index in [0.29, 0.717) is 16.8 Å². The molecule has 1 heterocycles. The van der Waals surface area contributed by atoms with E-state index in [2.05, 4.69) is 10.3 Å². The van der Waals surface area contributed by atoms with Gasteiger partial charge in [0.1, 0.15) is 5.82 Å². The molecule has 0 saturated carbocycles. The van der Waals surface area contributed by atoms with E-state index in [-0.39, 0.29) is 12.5 Å². The maximum atomic E-state index is 12.5. The van der Waals surface area contributed by atoms with Crippen molar-refractivity contribution in [2.45, 2.75) is 20.8 Å². The number of para-hydroxylation sites is 1. The van der Waals surface area contributed by atoms with Gasteiger partial charge in [0.25, 0.3) is 5.91 Å². The van der Waals surface area contributed by atoms with Crippen molar-refractivity contribution in [3.05, 3.63) is 89.2 Å². The van der Waals surface area contributed by atoms with Gasteiger partial charge in [0.05, 0.1) is 16.6 Å². The summed E-state index contributed by atoms with van der Waals surface area (Å²) in [4.78, 5) is 29.2. The molecule has 4 aromatic rings. The predicted molar refractivity (Wildman–Crippen MR) is 121 cm³/mol. The molecule has 0 spiro atoms. The summed E-state index contributed by atoms with van der Waals surface area (Å²) in [7, 11) is 0. The van der Waals surface area contributed by atoms with Gasteiger partial charge in [0.15, 0.2) is 6.61 Å². The molecule has 1 amide bonds. The number of nitrogens with zero attached hydrogens (tertiary/aromatic N) is 2. The summed E-state index contributed by atoms with van der Waals surface area (Å²) in [6.07, 6.45) is 0. The van der Waals surface area contributed by atoms with Crippen molar-refractivity contribution in [2.24, 2.45) is 0 Å². The number of ether oxygens (including phenoxy) is 1. The van der Waals surface area contributed by atoms with Gasteiger partial charge in [-0.3, -0.25) is 9.36 Å². The van der Waals surface area contributed by atoms with Gasteiger partial charge in [-0.25, -0.2) is 9.78 Å². The van der Waals surface area contributed by atoms with Crippen LogP contribution in [-0.2, 0) is 9.53 Å². The quantitative estimate of drug-likeness (QED) is 0.480. The molecule has 0 unspecified atom stereocenters. The van der Waals surface area contributed by atoms with E-state index in [0.717, 1.165) is 28.2 Å². The third-order valence-electron chi connectivity index (χ3n) is 4.91. The first kappa shape index (κ1) is 20.3. The predicted octanol–water partition coefficient (Wildman–Crippen LogP) is 4.75. The molecule has 4 rings (SSSR count). The molecular weight excluding hydrogens is 390 g/mol. The lowest BCUT2D eigenvalue weighted by atomic mass is 10.1. The van der Waals surface area contributed by atoms with Crippen LogP contribution >= 0.6 is 0 Å². The van der Waals surface area contributed by atoms with Gasteiger partial charge in [-0.1, -0.05) is 24.3 Å². The van der Waals surface area contributed by atoms with Crippen LogP contribution in [0, 0.1) is 20.8 Å². The molecule has 0 aliphatic heterocycles. The number of hydrogen-bond acceptors (Lipinski definition) is 4. The third-order valence-corrected chi connectivity index (χ3v) is 4.91. The summed E-state index contributed by atoms with van der Waals surface area (Å²) in [6, 6.07) is 20.9. The summed E-state index contributed by atoms with van der Waals surface area (Å²) < 4.78 is 7.24. The van der Waals surface area contributed by atoms with E-state index >= 15 is 0 Å². The van der Waals surface area contributed by atoms with E-state index in [9.17, 15) is 9.59 Å². The number of aromatic nitrogens is 2. The van der Waals surface area contributed by atoms with Crippen molar-refractivity contribution in [3.63, 3.8) is 0 Å². The van der Waals surface area contributed by atoms with Crippen molar-refractivity contribution in [1.82, 2.24) is 9.55 Å². The molecule has 0 saturated heterocycles. The minimum atomic E-state index is -0.565. The summed E-state index contributed by atoms with van der Waals surface area (Å²) in [5, 5.41) is 2.76.